The van der Waals surface area contributed by atoms with E-state index in [0.29, 0.717) is 35.0 Å². The Kier molecular flexibility index (Phi) is 11.5. The summed E-state index contributed by atoms with van der Waals surface area (Å²) in [6.07, 6.45) is 4.70. The van der Waals surface area contributed by atoms with Gasteiger partial charge in [0.15, 0.2) is 0 Å². The molecule has 0 spiro atoms. The molecule has 2 aromatic carbocycles. The molecule has 3 aromatic rings. The maximum Gasteiger partial charge on any atom is 0.309 e. The lowest BCUT2D eigenvalue weighted by Gasteiger charge is -2.28. The lowest BCUT2D eigenvalue weighted by atomic mass is 9.96. The molecule has 1 aliphatic heterocycles. The van der Waals surface area contributed by atoms with Crippen LogP contribution >= 0.6 is 11.6 Å². The number of halogens is 1. The zero-order chi connectivity index (χ0) is 36.3. The van der Waals surface area contributed by atoms with Gasteiger partial charge in [0.05, 0.1) is 30.4 Å². The van der Waals surface area contributed by atoms with E-state index in [1.165, 1.54) is 22.6 Å². The number of nitrogens with one attached hydrogen (secondary N) is 1. The van der Waals surface area contributed by atoms with Crippen molar-refractivity contribution in [1.82, 2.24) is 14.8 Å². The second-order valence-corrected chi connectivity index (χ2v) is 13.2. The van der Waals surface area contributed by atoms with Gasteiger partial charge in [0, 0.05) is 55.6 Å². The summed E-state index contributed by atoms with van der Waals surface area (Å²) in [6.45, 7) is 13.6. The molecule has 0 bridgehead atoms. The number of fused-ring (bicyclic) bond motifs is 2. The number of rotatable bonds is 10. The number of likely N-dealkylation sites (tertiary alicyclic amines) is 1. The number of methoxy groups -OCH3 is 1. The number of likely N-dealkylation sites (N-methyl/N-ethyl adjacent to an activating group) is 1. The molecule has 1 saturated heterocycles. The molecular weight excluding hydrogens is 652 g/mol. The first-order valence-corrected chi connectivity index (χ1v) is 17.7. The number of ether oxygens (including phenoxy) is 2. The molecule has 2 aliphatic carbocycles. The number of hydrogen-bond donors (Lipinski definition) is 1. The Hall–Kier alpha value is -4.47. The van der Waals surface area contributed by atoms with Gasteiger partial charge in [-0.25, -0.2) is 4.98 Å². The van der Waals surface area contributed by atoms with Crippen LogP contribution in [0.4, 0.5) is 5.69 Å². The van der Waals surface area contributed by atoms with Gasteiger partial charge in [0.25, 0.3) is 11.8 Å². The number of benzene rings is 2. The van der Waals surface area contributed by atoms with E-state index in [1.54, 1.807) is 27.3 Å². The quantitative estimate of drug-likeness (QED) is 0.0781. The second kappa shape index (κ2) is 15.6. The van der Waals surface area contributed by atoms with Crippen molar-refractivity contribution in [2.24, 2.45) is 17.8 Å². The third-order valence-electron chi connectivity index (χ3n) is 9.86. The molecule has 0 radical (unpaired) electrons. The van der Waals surface area contributed by atoms with Gasteiger partial charge in [0.1, 0.15) is 5.57 Å². The maximum atomic E-state index is 13.2. The van der Waals surface area contributed by atoms with Crippen LogP contribution in [0.1, 0.15) is 49.9 Å². The molecular formula is C40H47ClN4O5. The number of hydrogen-bond acceptors (Lipinski definition) is 7. The van der Waals surface area contributed by atoms with Crippen molar-refractivity contribution in [1.29, 1.82) is 0 Å². The Morgan fingerprint density at radius 2 is 1.74 bits per heavy atom. The highest BCUT2D eigenvalue weighted by atomic mass is 35.5. The van der Waals surface area contributed by atoms with E-state index in [0.717, 1.165) is 59.4 Å². The predicted octanol–water partition coefficient (Wildman–Crippen LogP) is 7.28. The average Bonchev–Trinajstić information content (AvgIpc) is 3.39. The van der Waals surface area contributed by atoms with Crippen LogP contribution in [0.25, 0.3) is 22.4 Å². The number of nitrogens with zero attached hydrogens (tertiary/aromatic N) is 3. The summed E-state index contributed by atoms with van der Waals surface area (Å²) in [4.78, 5) is 46.9. The Bertz CT molecular complexity index is 1820. The van der Waals surface area contributed by atoms with E-state index in [2.05, 4.69) is 22.9 Å². The Labute approximate surface area is 300 Å². The van der Waals surface area contributed by atoms with E-state index in [-0.39, 0.29) is 23.5 Å². The summed E-state index contributed by atoms with van der Waals surface area (Å²) < 4.78 is 11.2. The minimum atomic E-state index is -0.522. The van der Waals surface area contributed by atoms with E-state index in [1.807, 2.05) is 58.0 Å². The fraction of sp³-hybridized carbons (Fsp3) is 0.400. The van der Waals surface area contributed by atoms with Gasteiger partial charge in [0.2, 0.25) is 5.88 Å². The fourth-order valence-corrected chi connectivity index (χ4v) is 7.76. The van der Waals surface area contributed by atoms with E-state index >= 15 is 0 Å². The van der Waals surface area contributed by atoms with E-state index in [9.17, 15) is 14.4 Å². The van der Waals surface area contributed by atoms with Crippen LogP contribution in [0.5, 0.6) is 5.88 Å². The number of anilines is 1. The summed E-state index contributed by atoms with van der Waals surface area (Å²) in [7, 11) is 4.84. The van der Waals surface area contributed by atoms with Gasteiger partial charge in [-0.2, -0.15) is 0 Å². The summed E-state index contributed by atoms with van der Waals surface area (Å²) in [5.74, 6) is 0.388. The van der Waals surface area contributed by atoms with Gasteiger partial charge in [-0.3, -0.25) is 19.3 Å². The number of piperidine rings is 1. The molecule has 3 atom stereocenters. The normalized spacial score (nSPS) is 20.5. The van der Waals surface area contributed by atoms with Crippen molar-refractivity contribution < 1.29 is 23.9 Å². The van der Waals surface area contributed by atoms with Gasteiger partial charge in [-0.05, 0) is 73.4 Å². The molecule has 3 unspecified atom stereocenters. The number of pyridine rings is 1. The zero-order valence-electron chi connectivity index (χ0n) is 30.0. The SMILES string of the molecule is C=C/C=C(/C(=O)Nc1cccc(-c2cccc(-c3cc4c(c(OC)n3)C(N3CC5C(C3)C5C(=O)OCC)CC4)c2Cl)c1C)C(=O)N(C)C.CC. The molecule has 2 amide bonds. The van der Waals surface area contributed by atoms with Crippen molar-refractivity contribution in [2.75, 3.05) is 46.2 Å². The highest BCUT2D eigenvalue weighted by Gasteiger charge is 2.61. The first-order valence-electron chi connectivity index (χ1n) is 17.3. The first kappa shape index (κ1) is 36.8. The van der Waals surface area contributed by atoms with Crippen LogP contribution in [0, 0.1) is 24.7 Å². The van der Waals surface area contributed by atoms with Gasteiger partial charge >= 0.3 is 5.97 Å². The molecule has 1 saturated carbocycles. The number of allylic oxidation sites excluding steroid dienone is 2. The molecule has 6 rings (SSSR count). The summed E-state index contributed by atoms with van der Waals surface area (Å²) in [5, 5.41) is 3.43. The fourth-order valence-electron chi connectivity index (χ4n) is 7.44. The Morgan fingerprint density at radius 1 is 1.08 bits per heavy atom. The Morgan fingerprint density at radius 3 is 2.38 bits per heavy atom. The predicted molar refractivity (Wildman–Crippen MR) is 198 cm³/mol. The molecule has 2 fully saturated rings. The van der Waals surface area contributed by atoms with Gasteiger partial charge in [-0.15, -0.1) is 0 Å². The van der Waals surface area contributed by atoms with Crippen LogP contribution in [-0.4, -0.2) is 73.5 Å². The molecule has 1 N–H and O–H groups in total. The number of carbonyl (C=O) groups is 3. The van der Waals surface area contributed by atoms with Gasteiger partial charge in [-0.1, -0.05) is 68.4 Å². The molecule has 264 valence electrons. The van der Waals surface area contributed by atoms with E-state index in [4.69, 9.17) is 26.1 Å². The number of amides is 2. The van der Waals surface area contributed by atoms with Crippen molar-refractivity contribution >= 4 is 35.1 Å². The van der Waals surface area contributed by atoms with E-state index < -0.39 is 11.8 Å². The summed E-state index contributed by atoms with van der Waals surface area (Å²) in [5.41, 5.74) is 6.82. The monoisotopic (exact) mass is 698 g/mol. The van der Waals surface area contributed by atoms with Gasteiger partial charge < -0.3 is 19.7 Å². The van der Waals surface area contributed by atoms with Crippen molar-refractivity contribution in [3.63, 3.8) is 0 Å². The number of carbonyl (C=O) groups excluding carboxylic acids is 3. The first-order chi connectivity index (χ1) is 24.1. The Balaban J connectivity index is 0.00000239. The van der Waals surface area contributed by atoms with Crippen LogP contribution < -0.4 is 10.1 Å². The average molecular weight is 699 g/mol. The standard InChI is InChI=1S/C38H41ClN4O5.C2H6/c1-7-11-26(37(45)42(4)5)35(44)40-29-15-10-12-23(21(29)3)24-13-9-14-25(34(24)39)30-18-22-16-17-31(32(22)36(41-30)47-6)43-19-27-28(20-43)33(27)38(46)48-8-2;1-2/h7,9-15,18,27-28,31,33H,1,8,16-17,19-20H2,2-6H3,(H,40,44);1-2H3/b26-11-;. The minimum Gasteiger partial charge on any atom is -0.481 e. The van der Waals surface area contributed by atoms with Crippen LogP contribution in [0.3, 0.4) is 0 Å². The highest BCUT2D eigenvalue weighted by molar-refractivity contribution is 6.36. The number of esters is 1. The molecule has 10 heteroatoms. The molecule has 3 aliphatic rings. The number of aromatic nitrogens is 1. The second-order valence-electron chi connectivity index (χ2n) is 12.8. The third kappa shape index (κ3) is 6.94. The topological polar surface area (TPSA) is 101 Å². The highest BCUT2D eigenvalue weighted by Crippen LogP contribution is 2.56. The van der Waals surface area contributed by atoms with Crippen LogP contribution in [0.15, 0.2) is 66.8 Å². The maximum absolute atomic E-state index is 13.2. The lowest BCUT2D eigenvalue weighted by Crippen LogP contribution is -2.30. The molecule has 50 heavy (non-hydrogen) atoms. The molecule has 1 aromatic heterocycles. The molecule has 2 heterocycles. The minimum absolute atomic E-state index is 0.0129. The van der Waals surface area contributed by atoms with Crippen molar-refractivity contribution in [2.45, 2.75) is 46.6 Å². The zero-order valence-corrected chi connectivity index (χ0v) is 30.8. The van der Waals surface area contributed by atoms with Crippen LogP contribution in [-0.2, 0) is 25.5 Å². The lowest BCUT2D eigenvalue weighted by molar-refractivity contribution is -0.145. The summed E-state index contributed by atoms with van der Waals surface area (Å²) >= 11 is 7.15. The van der Waals surface area contributed by atoms with Crippen molar-refractivity contribution in [3.05, 3.63) is 88.5 Å². The smallest absolute Gasteiger partial charge is 0.309 e. The van der Waals surface area contributed by atoms with Crippen molar-refractivity contribution in [3.8, 4) is 28.3 Å². The summed E-state index contributed by atoms with van der Waals surface area (Å²) in [6, 6.07) is 13.8. The van der Waals surface area contributed by atoms with Crippen LogP contribution in [0.2, 0.25) is 5.02 Å². The largest absolute Gasteiger partial charge is 0.481 e. The molecule has 9 nitrogen and oxygen atoms in total. The number of aryl methyl sites for hydroxylation is 1. The third-order valence-corrected chi connectivity index (χ3v) is 10.3.